The number of hydrogen-bond acceptors (Lipinski definition) is 2. The van der Waals surface area contributed by atoms with Gasteiger partial charge in [-0.05, 0) is 31.2 Å². The SMILES string of the molecule is Cc1ccn(-c2cc(Br)ccc2C(=O)C(F)(F)F)n1. The number of nitrogens with zero attached hydrogens (tertiary/aromatic N) is 2. The summed E-state index contributed by atoms with van der Waals surface area (Å²) in [7, 11) is 0. The molecule has 3 nitrogen and oxygen atoms in total. The van der Waals surface area contributed by atoms with Crippen LogP contribution in [0.3, 0.4) is 0 Å². The summed E-state index contributed by atoms with van der Waals surface area (Å²) >= 11 is 3.17. The fourth-order valence-corrected chi connectivity index (χ4v) is 1.94. The minimum atomic E-state index is -4.91. The summed E-state index contributed by atoms with van der Waals surface area (Å²) in [5, 5.41) is 4.02. The molecule has 1 heterocycles. The van der Waals surface area contributed by atoms with Gasteiger partial charge in [-0.3, -0.25) is 4.79 Å². The number of hydrogen-bond donors (Lipinski definition) is 0. The summed E-state index contributed by atoms with van der Waals surface area (Å²) in [5.41, 5.74) is 0.300. The summed E-state index contributed by atoms with van der Waals surface area (Å²) in [6.07, 6.45) is -3.41. The van der Waals surface area contributed by atoms with Crippen LogP contribution in [0.5, 0.6) is 0 Å². The number of halogens is 4. The highest BCUT2D eigenvalue weighted by Gasteiger charge is 2.40. The molecule has 0 aliphatic rings. The van der Waals surface area contributed by atoms with E-state index in [1.54, 1.807) is 13.0 Å². The molecule has 100 valence electrons. The molecule has 0 bridgehead atoms. The average molecular weight is 333 g/mol. The molecular weight excluding hydrogens is 325 g/mol. The molecular formula is C12H8BrF3N2O. The third-order valence-electron chi connectivity index (χ3n) is 2.43. The van der Waals surface area contributed by atoms with Crippen molar-refractivity contribution in [3.05, 3.63) is 46.2 Å². The minimum absolute atomic E-state index is 0.0878. The number of rotatable bonds is 2. The molecule has 0 saturated carbocycles. The van der Waals surface area contributed by atoms with Crippen molar-refractivity contribution in [2.45, 2.75) is 13.1 Å². The maximum absolute atomic E-state index is 12.5. The zero-order valence-corrected chi connectivity index (χ0v) is 11.3. The van der Waals surface area contributed by atoms with Crippen LogP contribution in [0.15, 0.2) is 34.9 Å². The summed E-state index contributed by atoms with van der Waals surface area (Å²) in [6, 6.07) is 5.58. The van der Waals surface area contributed by atoms with Crippen LogP contribution in [-0.2, 0) is 0 Å². The first-order valence-corrected chi connectivity index (χ1v) is 6.02. The van der Waals surface area contributed by atoms with Gasteiger partial charge in [0.2, 0.25) is 0 Å². The number of benzene rings is 1. The first-order chi connectivity index (χ1) is 8.79. The second-order valence-electron chi connectivity index (χ2n) is 3.89. The lowest BCUT2D eigenvalue weighted by atomic mass is 10.1. The average Bonchev–Trinajstić information content (AvgIpc) is 2.73. The molecule has 7 heteroatoms. The highest BCUT2D eigenvalue weighted by Crippen LogP contribution is 2.27. The lowest BCUT2D eigenvalue weighted by Gasteiger charge is -2.11. The Morgan fingerprint density at radius 1 is 1.32 bits per heavy atom. The quantitative estimate of drug-likeness (QED) is 0.786. The third kappa shape index (κ3) is 2.86. The van der Waals surface area contributed by atoms with Crippen LogP contribution in [0.4, 0.5) is 13.2 Å². The van der Waals surface area contributed by atoms with Crippen molar-refractivity contribution in [3.8, 4) is 5.69 Å². The van der Waals surface area contributed by atoms with Crippen LogP contribution in [0.2, 0.25) is 0 Å². The van der Waals surface area contributed by atoms with Crippen LogP contribution < -0.4 is 0 Å². The molecule has 2 rings (SSSR count). The van der Waals surface area contributed by atoms with E-state index < -0.39 is 17.5 Å². The topological polar surface area (TPSA) is 34.9 Å². The van der Waals surface area contributed by atoms with Crippen LogP contribution in [0.25, 0.3) is 5.69 Å². The van der Waals surface area contributed by atoms with Gasteiger partial charge in [0.15, 0.2) is 0 Å². The number of Topliss-reactive ketones (excluding diaryl/α,β-unsaturated/α-hetero) is 1. The Labute approximate surface area is 115 Å². The Kier molecular flexibility index (Phi) is 3.49. The summed E-state index contributed by atoms with van der Waals surface area (Å²) in [5.74, 6) is -1.89. The lowest BCUT2D eigenvalue weighted by Crippen LogP contribution is -2.24. The molecule has 0 aliphatic carbocycles. The maximum atomic E-state index is 12.5. The predicted octanol–water partition coefficient (Wildman–Crippen LogP) is 3.69. The molecule has 0 unspecified atom stereocenters. The second-order valence-corrected chi connectivity index (χ2v) is 4.81. The van der Waals surface area contributed by atoms with Crippen LogP contribution in [-0.4, -0.2) is 21.7 Å². The fourth-order valence-electron chi connectivity index (χ4n) is 1.59. The van der Waals surface area contributed by atoms with Gasteiger partial charge in [0.1, 0.15) is 0 Å². The number of ketones is 1. The Balaban J connectivity index is 2.60. The molecule has 0 spiro atoms. The van der Waals surface area contributed by atoms with Gasteiger partial charge in [0.05, 0.1) is 16.9 Å². The summed E-state index contributed by atoms with van der Waals surface area (Å²) in [6.45, 7) is 1.71. The number of alkyl halides is 3. The Bertz CT molecular complexity index is 634. The molecule has 1 aromatic carbocycles. The van der Waals surface area contributed by atoms with E-state index in [-0.39, 0.29) is 5.69 Å². The van der Waals surface area contributed by atoms with E-state index in [4.69, 9.17) is 0 Å². The molecule has 0 atom stereocenters. The number of carbonyl (C=O) groups is 1. The number of carbonyl (C=O) groups excluding carboxylic acids is 1. The Morgan fingerprint density at radius 2 is 2.00 bits per heavy atom. The highest BCUT2D eigenvalue weighted by atomic mass is 79.9. The molecule has 0 fully saturated rings. The second kappa shape index (κ2) is 4.80. The van der Waals surface area contributed by atoms with Crippen LogP contribution in [0, 0.1) is 6.92 Å². The minimum Gasteiger partial charge on any atom is -0.284 e. The van der Waals surface area contributed by atoms with Crippen molar-refractivity contribution in [2.24, 2.45) is 0 Å². The van der Waals surface area contributed by atoms with E-state index in [2.05, 4.69) is 21.0 Å². The molecule has 19 heavy (non-hydrogen) atoms. The van der Waals surface area contributed by atoms with Crippen LogP contribution >= 0.6 is 15.9 Å². The van der Waals surface area contributed by atoms with E-state index in [0.717, 1.165) is 6.07 Å². The van der Waals surface area contributed by atoms with Gasteiger partial charge in [0, 0.05) is 10.7 Å². The van der Waals surface area contributed by atoms with E-state index >= 15 is 0 Å². The monoisotopic (exact) mass is 332 g/mol. The van der Waals surface area contributed by atoms with Crippen LogP contribution in [0.1, 0.15) is 16.1 Å². The number of aryl methyl sites for hydroxylation is 1. The molecule has 0 N–H and O–H groups in total. The van der Waals surface area contributed by atoms with E-state index in [1.165, 1.54) is 23.0 Å². The van der Waals surface area contributed by atoms with Crippen molar-refractivity contribution in [3.63, 3.8) is 0 Å². The molecule has 1 aromatic heterocycles. The highest BCUT2D eigenvalue weighted by molar-refractivity contribution is 9.10. The Hall–Kier alpha value is -1.63. The van der Waals surface area contributed by atoms with E-state index in [0.29, 0.717) is 10.2 Å². The van der Waals surface area contributed by atoms with Crippen molar-refractivity contribution < 1.29 is 18.0 Å². The lowest BCUT2D eigenvalue weighted by molar-refractivity contribution is -0.0885. The van der Waals surface area contributed by atoms with Crippen molar-refractivity contribution in [2.75, 3.05) is 0 Å². The first kappa shape index (κ1) is 13.8. The van der Waals surface area contributed by atoms with Gasteiger partial charge in [-0.25, -0.2) is 4.68 Å². The van der Waals surface area contributed by atoms with Gasteiger partial charge in [0.25, 0.3) is 5.78 Å². The summed E-state index contributed by atoms with van der Waals surface area (Å²) in [4.78, 5) is 11.4. The van der Waals surface area contributed by atoms with Crippen molar-refractivity contribution in [1.29, 1.82) is 0 Å². The predicted molar refractivity (Wildman–Crippen MR) is 66.4 cm³/mol. The standard InChI is InChI=1S/C12H8BrF3N2O/c1-7-4-5-18(17-7)10-6-8(13)2-3-9(10)11(19)12(14,15)16/h2-6H,1H3. The third-order valence-corrected chi connectivity index (χ3v) is 2.92. The zero-order chi connectivity index (χ0) is 14.2. The fraction of sp³-hybridized carbons (Fsp3) is 0.167. The number of aromatic nitrogens is 2. The molecule has 0 saturated heterocycles. The smallest absolute Gasteiger partial charge is 0.284 e. The largest absolute Gasteiger partial charge is 0.454 e. The molecule has 0 amide bonds. The zero-order valence-electron chi connectivity index (χ0n) is 9.70. The van der Waals surface area contributed by atoms with Crippen molar-refractivity contribution >= 4 is 21.7 Å². The molecule has 0 radical (unpaired) electrons. The van der Waals surface area contributed by atoms with Gasteiger partial charge in [-0.1, -0.05) is 15.9 Å². The van der Waals surface area contributed by atoms with Gasteiger partial charge in [-0.15, -0.1) is 0 Å². The summed E-state index contributed by atoms with van der Waals surface area (Å²) < 4.78 is 39.4. The normalized spacial score (nSPS) is 11.6. The van der Waals surface area contributed by atoms with Crippen molar-refractivity contribution in [1.82, 2.24) is 9.78 Å². The Morgan fingerprint density at radius 3 is 2.53 bits per heavy atom. The molecule has 0 aliphatic heterocycles. The van der Waals surface area contributed by atoms with Gasteiger partial charge >= 0.3 is 6.18 Å². The van der Waals surface area contributed by atoms with E-state index in [9.17, 15) is 18.0 Å². The van der Waals surface area contributed by atoms with E-state index in [1.807, 2.05) is 0 Å². The molecule has 2 aromatic rings. The first-order valence-electron chi connectivity index (χ1n) is 5.23. The maximum Gasteiger partial charge on any atom is 0.454 e. The van der Waals surface area contributed by atoms with Gasteiger partial charge < -0.3 is 0 Å². The van der Waals surface area contributed by atoms with Gasteiger partial charge in [-0.2, -0.15) is 18.3 Å².